The Labute approximate surface area is 136 Å². The van der Waals surface area contributed by atoms with E-state index in [0.29, 0.717) is 5.02 Å². The number of carbonyl (C=O) groups excluding carboxylic acids is 2. The largest absolute Gasteiger partial charge is 0.455 e. The van der Waals surface area contributed by atoms with Gasteiger partial charge in [-0.05, 0) is 50.8 Å². The van der Waals surface area contributed by atoms with Crippen molar-refractivity contribution in [3.05, 3.63) is 34.9 Å². The van der Waals surface area contributed by atoms with Gasteiger partial charge in [-0.25, -0.2) is 0 Å². The number of carbonyl (C=O) groups is 2. The monoisotopic (exact) mass is 323 g/mol. The molecular formula is C17H22ClNO3. The van der Waals surface area contributed by atoms with Gasteiger partial charge in [0.2, 0.25) is 0 Å². The van der Waals surface area contributed by atoms with Gasteiger partial charge >= 0.3 is 5.97 Å². The molecule has 120 valence electrons. The maximum atomic E-state index is 12.3. The van der Waals surface area contributed by atoms with Crippen molar-refractivity contribution in [3.8, 4) is 0 Å². The summed E-state index contributed by atoms with van der Waals surface area (Å²) < 4.78 is 5.22. The summed E-state index contributed by atoms with van der Waals surface area (Å²) >= 11 is 5.87. The van der Waals surface area contributed by atoms with Gasteiger partial charge in [0.25, 0.3) is 5.91 Å². The SMILES string of the molecule is CCC(C)(C)NC(=O)COC(=O)C1(c2ccc(Cl)cc2)CC1. The van der Waals surface area contributed by atoms with Gasteiger partial charge in [-0.2, -0.15) is 0 Å². The average Bonchev–Trinajstić information content (AvgIpc) is 3.27. The first-order chi connectivity index (χ1) is 10.3. The summed E-state index contributed by atoms with van der Waals surface area (Å²) in [6.07, 6.45) is 2.30. The van der Waals surface area contributed by atoms with Crippen molar-refractivity contribution >= 4 is 23.5 Å². The van der Waals surface area contributed by atoms with E-state index < -0.39 is 5.41 Å². The molecule has 1 aliphatic rings. The zero-order chi connectivity index (χ0) is 16.4. The maximum absolute atomic E-state index is 12.3. The zero-order valence-corrected chi connectivity index (χ0v) is 14.0. The lowest BCUT2D eigenvalue weighted by atomic mass is 9.96. The van der Waals surface area contributed by atoms with Gasteiger partial charge < -0.3 is 10.1 Å². The first kappa shape index (κ1) is 16.8. The van der Waals surface area contributed by atoms with Gasteiger partial charge in [0.15, 0.2) is 6.61 Å². The molecule has 1 amide bonds. The van der Waals surface area contributed by atoms with Crippen LogP contribution in [0.25, 0.3) is 0 Å². The van der Waals surface area contributed by atoms with E-state index in [9.17, 15) is 9.59 Å². The van der Waals surface area contributed by atoms with Crippen LogP contribution in [0.3, 0.4) is 0 Å². The van der Waals surface area contributed by atoms with Gasteiger partial charge in [-0.15, -0.1) is 0 Å². The predicted molar refractivity (Wildman–Crippen MR) is 85.8 cm³/mol. The van der Waals surface area contributed by atoms with Crippen LogP contribution in [0.5, 0.6) is 0 Å². The molecule has 5 heteroatoms. The van der Waals surface area contributed by atoms with Crippen molar-refractivity contribution < 1.29 is 14.3 Å². The van der Waals surface area contributed by atoms with Gasteiger partial charge in [-0.1, -0.05) is 30.7 Å². The highest BCUT2D eigenvalue weighted by Crippen LogP contribution is 2.49. The smallest absolute Gasteiger partial charge is 0.317 e. The number of esters is 1. The second-order valence-corrected chi connectivity index (χ2v) is 6.89. The van der Waals surface area contributed by atoms with Crippen LogP contribution in [0.15, 0.2) is 24.3 Å². The van der Waals surface area contributed by atoms with Gasteiger partial charge in [0.1, 0.15) is 0 Å². The molecule has 0 unspecified atom stereocenters. The summed E-state index contributed by atoms with van der Waals surface area (Å²) in [6, 6.07) is 7.22. The van der Waals surface area contributed by atoms with Crippen molar-refractivity contribution in [1.82, 2.24) is 5.32 Å². The highest BCUT2D eigenvalue weighted by molar-refractivity contribution is 6.30. The fourth-order valence-electron chi connectivity index (χ4n) is 2.28. The molecule has 1 saturated carbocycles. The molecule has 0 saturated heterocycles. The topological polar surface area (TPSA) is 55.4 Å². The molecule has 0 atom stereocenters. The van der Waals surface area contributed by atoms with Crippen LogP contribution in [-0.4, -0.2) is 24.0 Å². The molecule has 0 heterocycles. The molecule has 0 bridgehead atoms. The Morgan fingerprint density at radius 1 is 1.27 bits per heavy atom. The Balaban J connectivity index is 1.92. The molecular weight excluding hydrogens is 302 g/mol. The van der Waals surface area contributed by atoms with Crippen LogP contribution in [0.2, 0.25) is 5.02 Å². The number of ether oxygens (including phenoxy) is 1. The van der Waals surface area contributed by atoms with Crippen LogP contribution >= 0.6 is 11.6 Å². The molecule has 2 rings (SSSR count). The number of benzene rings is 1. The molecule has 4 nitrogen and oxygen atoms in total. The number of hydrogen-bond donors (Lipinski definition) is 1. The number of hydrogen-bond acceptors (Lipinski definition) is 3. The molecule has 1 aromatic rings. The molecule has 1 aliphatic carbocycles. The average molecular weight is 324 g/mol. The van der Waals surface area contributed by atoms with Crippen molar-refractivity contribution in [1.29, 1.82) is 0 Å². The van der Waals surface area contributed by atoms with Gasteiger partial charge in [-0.3, -0.25) is 9.59 Å². The van der Waals surface area contributed by atoms with E-state index in [1.54, 1.807) is 12.1 Å². The fraction of sp³-hybridized carbons (Fsp3) is 0.529. The van der Waals surface area contributed by atoms with E-state index >= 15 is 0 Å². The Morgan fingerprint density at radius 3 is 2.36 bits per heavy atom. The number of rotatable bonds is 6. The number of amides is 1. The van der Waals surface area contributed by atoms with Crippen LogP contribution in [0.1, 0.15) is 45.6 Å². The minimum absolute atomic E-state index is 0.238. The van der Waals surface area contributed by atoms with Crippen molar-refractivity contribution in [2.24, 2.45) is 0 Å². The molecule has 1 aromatic carbocycles. The summed E-state index contributed by atoms with van der Waals surface area (Å²) in [5, 5.41) is 3.48. The van der Waals surface area contributed by atoms with E-state index in [1.807, 2.05) is 32.9 Å². The highest BCUT2D eigenvalue weighted by atomic mass is 35.5. The Kier molecular flexibility index (Phi) is 4.81. The van der Waals surface area contributed by atoms with E-state index in [0.717, 1.165) is 24.8 Å². The Bertz CT molecular complexity index is 562. The molecule has 0 spiro atoms. The normalized spacial score (nSPS) is 16.0. The molecule has 1 fully saturated rings. The van der Waals surface area contributed by atoms with Gasteiger partial charge in [0, 0.05) is 10.6 Å². The first-order valence-electron chi connectivity index (χ1n) is 7.53. The van der Waals surface area contributed by atoms with Crippen LogP contribution in [0.4, 0.5) is 0 Å². The lowest BCUT2D eigenvalue weighted by Gasteiger charge is -2.24. The third kappa shape index (κ3) is 3.80. The fourth-order valence-corrected chi connectivity index (χ4v) is 2.40. The quantitative estimate of drug-likeness (QED) is 0.818. The molecule has 1 N–H and O–H groups in total. The summed E-state index contributed by atoms with van der Waals surface area (Å²) in [4.78, 5) is 24.2. The lowest BCUT2D eigenvalue weighted by Crippen LogP contribution is -2.45. The number of nitrogens with one attached hydrogen (secondary N) is 1. The van der Waals surface area contributed by atoms with Crippen molar-refractivity contribution in [2.45, 2.75) is 51.0 Å². The van der Waals surface area contributed by atoms with Crippen LogP contribution in [0, 0.1) is 0 Å². The molecule has 0 aliphatic heterocycles. The van der Waals surface area contributed by atoms with E-state index in [1.165, 1.54) is 0 Å². The van der Waals surface area contributed by atoms with Crippen LogP contribution in [-0.2, 0) is 19.7 Å². The summed E-state index contributed by atoms with van der Waals surface area (Å²) in [7, 11) is 0. The van der Waals surface area contributed by atoms with E-state index in [2.05, 4.69) is 5.32 Å². The van der Waals surface area contributed by atoms with E-state index in [4.69, 9.17) is 16.3 Å². The summed E-state index contributed by atoms with van der Waals surface area (Å²) in [6.45, 7) is 5.62. The number of halogens is 1. The zero-order valence-electron chi connectivity index (χ0n) is 13.2. The third-order valence-corrected chi connectivity index (χ3v) is 4.49. The standard InChI is InChI=1S/C17H22ClNO3/c1-4-16(2,3)19-14(20)11-22-15(21)17(9-10-17)12-5-7-13(18)8-6-12/h5-8H,4,9-11H2,1-3H3,(H,19,20). The molecule has 0 aromatic heterocycles. The summed E-state index contributed by atoms with van der Waals surface area (Å²) in [5.74, 6) is -0.605. The molecule has 0 radical (unpaired) electrons. The highest BCUT2D eigenvalue weighted by Gasteiger charge is 2.52. The van der Waals surface area contributed by atoms with E-state index in [-0.39, 0.29) is 24.0 Å². The van der Waals surface area contributed by atoms with Gasteiger partial charge in [0.05, 0.1) is 5.41 Å². The Morgan fingerprint density at radius 2 is 1.86 bits per heavy atom. The summed E-state index contributed by atoms with van der Waals surface area (Å²) in [5.41, 5.74) is 0.0124. The Hall–Kier alpha value is -1.55. The third-order valence-electron chi connectivity index (χ3n) is 4.23. The molecule has 22 heavy (non-hydrogen) atoms. The second kappa shape index (κ2) is 6.29. The predicted octanol–water partition coefficient (Wildman–Crippen LogP) is 3.22. The first-order valence-corrected chi connectivity index (χ1v) is 7.91. The maximum Gasteiger partial charge on any atom is 0.317 e. The van der Waals surface area contributed by atoms with Crippen molar-refractivity contribution in [2.75, 3.05) is 6.61 Å². The lowest BCUT2D eigenvalue weighted by molar-refractivity contribution is -0.151. The second-order valence-electron chi connectivity index (χ2n) is 6.45. The minimum atomic E-state index is -0.592. The minimum Gasteiger partial charge on any atom is -0.455 e. The van der Waals surface area contributed by atoms with Crippen LogP contribution < -0.4 is 5.32 Å². The van der Waals surface area contributed by atoms with Crippen molar-refractivity contribution in [3.63, 3.8) is 0 Å².